The molecule has 5 heteroatoms. The number of rotatable bonds is 7. The number of nitrogens with zero attached hydrogens (tertiary/aromatic N) is 2. The molecule has 0 aliphatic carbocycles. The summed E-state index contributed by atoms with van der Waals surface area (Å²) in [6, 6.07) is 10.4. The molecule has 1 aromatic carbocycles. The van der Waals surface area contributed by atoms with Gasteiger partial charge in [0.1, 0.15) is 6.10 Å². The molecule has 2 bridgehead atoms. The number of ether oxygens (including phenoxy) is 2. The average molecular weight is 421 g/mol. The van der Waals surface area contributed by atoms with Crippen LogP contribution in [0.2, 0.25) is 0 Å². The first-order valence-electron chi connectivity index (χ1n) is 11.7. The van der Waals surface area contributed by atoms with E-state index in [1.165, 1.54) is 6.42 Å². The predicted octanol–water partition coefficient (Wildman–Crippen LogP) is 4.67. The van der Waals surface area contributed by atoms with Crippen molar-refractivity contribution in [2.24, 2.45) is 11.8 Å². The highest BCUT2D eigenvalue weighted by molar-refractivity contribution is 5.82. The number of hydrogen-bond donors (Lipinski definition) is 0. The summed E-state index contributed by atoms with van der Waals surface area (Å²) in [6.45, 7) is 6.93. The smallest absolute Gasteiger partial charge is 0.306 e. The Morgan fingerprint density at radius 3 is 3.00 bits per heavy atom. The second-order valence-electron chi connectivity index (χ2n) is 9.25. The van der Waals surface area contributed by atoms with Crippen LogP contribution in [0.5, 0.6) is 0 Å². The predicted molar refractivity (Wildman–Crippen MR) is 121 cm³/mol. The first-order chi connectivity index (χ1) is 15.2. The molecule has 1 aromatic heterocycles. The maximum absolute atomic E-state index is 13.0. The summed E-state index contributed by atoms with van der Waals surface area (Å²) < 4.78 is 12.0. The average Bonchev–Trinajstić information content (AvgIpc) is 3.35. The van der Waals surface area contributed by atoms with Crippen LogP contribution in [0.3, 0.4) is 0 Å². The quantitative estimate of drug-likeness (QED) is 0.481. The zero-order valence-corrected chi connectivity index (χ0v) is 18.1. The van der Waals surface area contributed by atoms with Crippen molar-refractivity contribution in [2.75, 3.05) is 19.7 Å². The van der Waals surface area contributed by atoms with E-state index in [0.717, 1.165) is 61.8 Å². The number of carbonyl (C=O) groups is 1. The van der Waals surface area contributed by atoms with Crippen molar-refractivity contribution in [3.8, 4) is 0 Å². The summed E-state index contributed by atoms with van der Waals surface area (Å²) in [6.07, 6.45) is 9.41. The van der Waals surface area contributed by atoms with Gasteiger partial charge < -0.3 is 9.47 Å². The van der Waals surface area contributed by atoms with Crippen molar-refractivity contribution < 1.29 is 14.3 Å². The van der Waals surface area contributed by atoms with Gasteiger partial charge in [-0.3, -0.25) is 14.7 Å². The van der Waals surface area contributed by atoms with Crippen molar-refractivity contribution in [1.82, 2.24) is 9.88 Å². The van der Waals surface area contributed by atoms with Crippen LogP contribution < -0.4 is 0 Å². The lowest BCUT2D eigenvalue weighted by Crippen LogP contribution is -2.55. The second kappa shape index (κ2) is 9.09. The van der Waals surface area contributed by atoms with Gasteiger partial charge in [0.25, 0.3) is 0 Å². The van der Waals surface area contributed by atoms with Crippen molar-refractivity contribution in [3.05, 3.63) is 54.7 Å². The number of benzene rings is 1. The first kappa shape index (κ1) is 20.7. The molecule has 5 nitrogen and oxygen atoms in total. The van der Waals surface area contributed by atoms with Crippen LogP contribution in [-0.4, -0.2) is 47.7 Å². The Hall–Kier alpha value is -2.24. The van der Waals surface area contributed by atoms with E-state index in [2.05, 4.69) is 28.6 Å². The van der Waals surface area contributed by atoms with E-state index in [0.29, 0.717) is 18.3 Å². The number of piperidine rings is 3. The maximum atomic E-state index is 13.0. The Balaban J connectivity index is 1.41. The molecule has 0 N–H and O–H groups in total. The zero-order valence-electron chi connectivity index (χ0n) is 18.1. The molecule has 4 aliphatic rings. The Labute approximate surface area is 184 Å². The number of aromatic nitrogens is 1. The molecular formula is C26H32N2O3. The molecule has 2 aromatic rings. The molecule has 4 aliphatic heterocycles. The standard InChI is InChI=1S/C26H32N2O3/c1-2-18-17-28-14-12-19(18)16-24(28)26(31-25(29)10-9-20-6-5-15-30-20)22-11-13-27-23-8-4-3-7-21(22)23/h2-4,7-8,11,13,18-20,24,26H,1,5-6,9-10,12,14-17H2/t18-,19+,20+,24-,26-/m1/s1. The molecule has 6 atom stereocenters. The van der Waals surface area contributed by atoms with E-state index in [-0.39, 0.29) is 24.2 Å². The fraction of sp³-hybridized carbons (Fsp3) is 0.538. The van der Waals surface area contributed by atoms with E-state index < -0.39 is 0 Å². The van der Waals surface area contributed by atoms with Crippen molar-refractivity contribution in [3.63, 3.8) is 0 Å². The number of pyridine rings is 1. The summed E-state index contributed by atoms with van der Waals surface area (Å²) in [7, 11) is 0. The molecule has 6 rings (SSSR count). The Morgan fingerprint density at radius 1 is 1.32 bits per heavy atom. The van der Waals surface area contributed by atoms with Crippen LogP contribution in [0.1, 0.15) is 50.2 Å². The minimum Gasteiger partial charge on any atom is -0.456 e. The molecule has 1 unspecified atom stereocenters. The zero-order chi connectivity index (χ0) is 21.2. The number of carbonyl (C=O) groups excluding carboxylic acids is 1. The van der Waals surface area contributed by atoms with E-state index in [1.54, 1.807) is 0 Å². The van der Waals surface area contributed by atoms with Crippen LogP contribution in [0, 0.1) is 11.8 Å². The SMILES string of the molecule is C=C[C@@H]1CN2CC[C@H]1C[C@@H]2[C@H](OC(=O)CC[C@@H]1CCCO1)c1ccnc2ccccc12. The van der Waals surface area contributed by atoms with Gasteiger partial charge in [0.05, 0.1) is 17.7 Å². The van der Waals surface area contributed by atoms with Gasteiger partial charge in [0, 0.05) is 36.7 Å². The van der Waals surface area contributed by atoms with E-state index in [1.807, 2.05) is 30.5 Å². The number of hydrogen-bond acceptors (Lipinski definition) is 5. The molecule has 4 saturated heterocycles. The fourth-order valence-electron chi connectivity index (χ4n) is 5.76. The minimum absolute atomic E-state index is 0.121. The molecule has 164 valence electrons. The van der Waals surface area contributed by atoms with Gasteiger partial charge in [-0.15, -0.1) is 6.58 Å². The van der Waals surface area contributed by atoms with E-state index in [9.17, 15) is 4.79 Å². The third-order valence-corrected chi connectivity index (χ3v) is 7.45. The second-order valence-corrected chi connectivity index (χ2v) is 9.25. The van der Waals surface area contributed by atoms with Crippen molar-refractivity contribution in [1.29, 1.82) is 0 Å². The Bertz CT molecular complexity index is 934. The minimum atomic E-state index is -0.279. The molecule has 0 spiro atoms. The highest BCUT2D eigenvalue weighted by Crippen LogP contribution is 2.43. The summed E-state index contributed by atoms with van der Waals surface area (Å²) in [5.41, 5.74) is 2.02. The van der Waals surface area contributed by atoms with Gasteiger partial charge >= 0.3 is 5.97 Å². The molecule has 0 amide bonds. The lowest BCUT2D eigenvalue weighted by Gasteiger charge is -2.51. The molecule has 0 saturated carbocycles. The number of esters is 1. The third kappa shape index (κ3) is 4.26. The van der Waals surface area contributed by atoms with Gasteiger partial charge in [-0.25, -0.2) is 0 Å². The molecule has 4 fully saturated rings. The molecule has 5 heterocycles. The Morgan fingerprint density at radius 2 is 2.23 bits per heavy atom. The maximum Gasteiger partial charge on any atom is 0.306 e. The van der Waals surface area contributed by atoms with Crippen LogP contribution in [0.25, 0.3) is 10.9 Å². The molecule has 31 heavy (non-hydrogen) atoms. The monoisotopic (exact) mass is 420 g/mol. The summed E-state index contributed by atoms with van der Waals surface area (Å²) >= 11 is 0. The topological polar surface area (TPSA) is 51.7 Å². The summed E-state index contributed by atoms with van der Waals surface area (Å²) in [4.78, 5) is 20.0. The lowest BCUT2D eigenvalue weighted by atomic mass is 9.73. The number of para-hydroxylation sites is 1. The van der Waals surface area contributed by atoms with Gasteiger partial charge in [0.15, 0.2) is 0 Å². The van der Waals surface area contributed by atoms with Crippen LogP contribution in [0.4, 0.5) is 0 Å². The van der Waals surface area contributed by atoms with Crippen LogP contribution in [-0.2, 0) is 14.3 Å². The van der Waals surface area contributed by atoms with Gasteiger partial charge in [0.2, 0.25) is 0 Å². The van der Waals surface area contributed by atoms with Crippen molar-refractivity contribution in [2.45, 2.75) is 56.8 Å². The van der Waals surface area contributed by atoms with E-state index >= 15 is 0 Å². The van der Waals surface area contributed by atoms with Gasteiger partial charge in [-0.05, 0) is 62.6 Å². The van der Waals surface area contributed by atoms with Crippen LogP contribution >= 0.6 is 0 Å². The first-order valence-corrected chi connectivity index (χ1v) is 11.7. The van der Waals surface area contributed by atoms with E-state index in [4.69, 9.17) is 9.47 Å². The normalized spacial score (nSPS) is 30.9. The highest BCUT2D eigenvalue weighted by atomic mass is 16.5. The van der Waals surface area contributed by atoms with Crippen molar-refractivity contribution >= 4 is 16.9 Å². The summed E-state index contributed by atoms with van der Waals surface area (Å²) in [5.74, 6) is 1.04. The third-order valence-electron chi connectivity index (χ3n) is 7.45. The lowest BCUT2D eigenvalue weighted by molar-refractivity contribution is -0.158. The van der Waals surface area contributed by atoms with Crippen LogP contribution in [0.15, 0.2) is 49.2 Å². The molecule has 0 radical (unpaired) electrons. The fourth-order valence-corrected chi connectivity index (χ4v) is 5.76. The number of fused-ring (bicyclic) bond motifs is 4. The highest BCUT2D eigenvalue weighted by Gasteiger charge is 2.44. The van der Waals surface area contributed by atoms with Gasteiger partial charge in [-0.2, -0.15) is 0 Å². The van der Waals surface area contributed by atoms with Gasteiger partial charge in [-0.1, -0.05) is 24.3 Å². The largest absolute Gasteiger partial charge is 0.456 e. The molecular weight excluding hydrogens is 388 g/mol. The Kier molecular flexibility index (Phi) is 6.06. The summed E-state index contributed by atoms with van der Waals surface area (Å²) in [5, 5.41) is 1.07.